The first-order chi connectivity index (χ1) is 25.5. The van der Waals surface area contributed by atoms with Crippen molar-refractivity contribution in [3.05, 3.63) is 99.6 Å². The van der Waals surface area contributed by atoms with Crippen LogP contribution in [0.2, 0.25) is 0 Å². The van der Waals surface area contributed by atoms with E-state index in [2.05, 4.69) is 15.4 Å². The first-order valence-corrected chi connectivity index (χ1v) is 17.4. The van der Waals surface area contributed by atoms with Crippen LogP contribution in [0.1, 0.15) is 87.7 Å². The molecule has 0 bridgehead atoms. The number of tetrazole rings is 1. The second kappa shape index (κ2) is 13.7. The van der Waals surface area contributed by atoms with E-state index in [-0.39, 0.29) is 54.1 Å². The van der Waals surface area contributed by atoms with E-state index in [9.17, 15) is 40.7 Å². The molecular formula is C37H35F6N7O4. The van der Waals surface area contributed by atoms with Crippen molar-refractivity contribution in [2.75, 3.05) is 16.3 Å². The van der Waals surface area contributed by atoms with Gasteiger partial charge in [-0.05, 0) is 98.7 Å². The Bertz CT molecular complexity index is 2050. The highest BCUT2D eigenvalue weighted by Gasteiger charge is 2.47. The lowest BCUT2D eigenvalue weighted by Gasteiger charge is -2.44. The van der Waals surface area contributed by atoms with Gasteiger partial charge in [0.15, 0.2) is 0 Å². The molecule has 7 rings (SSSR count). The number of alkyl halides is 6. The first kappa shape index (κ1) is 36.9. The van der Waals surface area contributed by atoms with E-state index >= 15 is 0 Å². The van der Waals surface area contributed by atoms with E-state index in [1.165, 1.54) is 4.90 Å². The molecule has 0 unspecified atom stereocenters. The van der Waals surface area contributed by atoms with Crippen molar-refractivity contribution in [1.29, 1.82) is 0 Å². The van der Waals surface area contributed by atoms with Crippen molar-refractivity contribution >= 4 is 29.5 Å². The summed E-state index contributed by atoms with van der Waals surface area (Å²) in [7, 11) is 0. The van der Waals surface area contributed by atoms with E-state index < -0.39 is 66.1 Å². The zero-order valence-corrected chi connectivity index (χ0v) is 29.4. The van der Waals surface area contributed by atoms with E-state index in [1.54, 1.807) is 55.1 Å². The third-order valence-corrected chi connectivity index (χ3v) is 9.77. The van der Waals surface area contributed by atoms with Gasteiger partial charge < -0.3 is 9.64 Å². The number of aryl methyl sites for hydroxylation is 1. The lowest BCUT2D eigenvalue weighted by Crippen LogP contribution is -2.49. The number of fused-ring (bicyclic) bond motifs is 2. The summed E-state index contributed by atoms with van der Waals surface area (Å²) in [4.78, 5) is 44.7. The minimum Gasteiger partial charge on any atom is -0.446 e. The summed E-state index contributed by atoms with van der Waals surface area (Å²) in [6, 6.07) is 12.0. The molecule has 0 saturated heterocycles. The molecule has 11 nitrogen and oxygen atoms in total. The van der Waals surface area contributed by atoms with Gasteiger partial charge in [-0.25, -0.2) is 4.79 Å². The van der Waals surface area contributed by atoms with Crippen LogP contribution in [0.25, 0.3) is 0 Å². The molecule has 0 radical (unpaired) electrons. The summed E-state index contributed by atoms with van der Waals surface area (Å²) in [6.07, 6.45) is -9.31. The Labute approximate surface area is 305 Å². The zero-order chi connectivity index (χ0) is 38.7. The van der Waals surface area contributed by atoms with E-state index in [0.29, 0.717) is 23.4 Å². The average Bonchev–Trinajstić information content (AvgIpc) is 3.80. The standard InChI is InChI=1S/C37H35F6N7O4/c1-20(2)54-35(53)50-29-11-8-21(3)14-28(29)31(18-30(50)23-9-10-23)48(19-22-15-24(36(38,39)40)17-25(16-22)37(41,42)43)34-44-46-49(45-34)13-12-47-32(51)26-6-4-5-7-27(26)33(47)52/h4-8,11,14-17,20,23,30-31H,9-10,12-13,18-19H2,1-3H3/t30-,31-/m0/s1. The summed E-state index contributed by atoms with van der Waals surface area (Å²) >= 11 is 0. The van der Waals surface area contributed by atoms with Gasteiger partial charge in [0.05, 0.1) is 53.2 Å². The third-order valence-electron chi connectivity index (χ3n) is 9.77. The van der Waals surface area contributed by atoms with Gasteiger partial charge in [-0.15, -0.1) is 5.10 Å². The smallest absolute Gasteiger partial charge is 0.416 e. The monoisotopic (exact) mass is 755 g/mol. The predicted octanol–water partition coefficient (Wildman–Crippen LogP) is 7.60. The van der Waals surface area contributed by atoms with Gasteiger partial charge in [-0.3, -0.25) is 19.4 Å². The van der Waals surface area contributed by atoms with Gasteiger partial charge in [0.1, 0.15) is 0 Å². The molecule has 4 aromatic rings. The van der Waals surface area contributed by atoms with Crippen LogP contribution in [0.5, 0.6) is 0 Å². The van der Waals surface area contributed by atoms with Gasteiger partial charge in [0.25, 0.3) is 17.8 Å². The number of rotatable bonds is 9. The van der Waals surface area contributed by atoms with Crippen molar-refractivity contribution < 1.29 is 45.5 Å². The van der Waals surface area contributed by atoms with Gasteiger partial charge in [-0.2, -0.15) is 31.1 Å². The summed E-state index contributed by atoms with van der Waals surface area (Å²) in [5, 5.41) is 12.8. The second-order valence-electron chi connectivity index (χ2n) is 14.1. The van der Waals surface area contributed by atoms with Crippen LogP contribution in [-0.4, -0.2) is 61.7 Å². The van der Waals surface area contributed by atoms with Crippen LogP contribution in [0, 0.1) is 12.8 Å². The number of hydrogen-bond acceptors (Lipinski definition) is 8. The number of amides is 3. The normalized spacial score (nSPS) is 18.6. The fraction of sp³-hybridized carbons (Fsp3) is 0.405. The average molecular weight is 756 g/mol. The second-order valence-corrected chi connectivity index (χ2v) is 14.1. The molecule has 0 N–H and O–H groups in total. The maximum Gasteiger partial charge on any atom is 0.416 e. The van der Waals surface area contributed by atoms with Crippen molar-refractivity contribution in [2.24, 2.45) is 5.92 Å². The maximum absolute atomic E-state index is 14.0. The molecule has 1 aliphatic carbocycles. The van der Waals surface area contributed by atoms with Crippen LogP contribution in [0.4, 0.5) is 42.8 Å². The number of aromatic nitrogens is 4. The number of carbonyl (C=O) groups excluding carboxylic acids is 3. The fourth-order valence-corrected chi connectivity index (χ4v) is 7.18. The van der Waals surface area contributed by atoms with Gasteiger partial charge in [0, 0.05) is 12.6 Å². The number of benzene rings is 3. The zero-order valence-electron chi connectivity index (χ0n) is 29.4. The van der Waals surface area contributed by atoms with Crippen molar-refractivity contribution in [1.82, 2.24) is 25.1 Å². The van der Waals surface area contributed by atoms with Crippen LogP contribution >= 0.6 is 0 Å². The molecular weight excluding hydrogens is 720 g/mol. The predicted molar refractivity (Wildman–Crippen MR) is 181 cm³/mol. The van der Waals surface area contributed by atoms with Crippen LogP contribution in [0.15, 0.2) is 60.7 Å². The van der Waals surface area contributed by atoms with E-state index in [4.69, 9.17) is 4.74 Å². The molecule has 1 aromatic heterocycles. The Morgan fingerprint density at radius 1 is 0.907 bits per heavy atom. The molecule has 3 amide bonds. The molecule has 3 aromatic carbocycles. The minimum atomic E-state index is -5.07. The van der Waals surface area contributed by atoms with Crippen LogP contribution in [0.3, 0.4) is 0 Å². The molecule has 1 saturated carbocycles. The molecule has 2 aliphatic heterocycles. The lowest BCUT2D eigenvalue weighted by molar-refractivity contribution is -0.143. The maximum atomic E-state index is 14.0. The largest absolute Gasteiger partial charge is 0.446 e. The van der Waals surface area contributed by atoms with E-state index in [0.717, 1.165) is 28.1 Å². The topological polar surface area (TPSA) is 114 Å². The quantitative estimate of drug-likeness (QED) is 0.127. The summed E-state index contributed by atoms with van der Waals surface area (Å²) in [5.74, 6) is -1.04. The number of hydrogen-bond donors (Lipinski definition) is 0. The highest BCUT2D eigenvalue weighted by atomic mass is 19.4. The number of anilines is 2. The van der Waals surface area contributed by atoms with Crippen LogP contribution in [-0.2, 0) is 30.2 Å². The Hall–Kier alpha value is -5.48. The molecule has 17 heteroatoms. The molecule has 3 heterocycles. The number of imide groups is 1. The van der Waals surface area contributed by atoms with Crippen molar-refractivity contribution in [3.63, 3.8) is 0 Å². The number of ether oxygens (including phenoxy) is 1. The summed E-state index contributed by atoms with van der Waals surface area (Å²) < 4.78 is 89.5. The number of halogens is 6. The van der Waals surface area contributed by atoms with Gasteiger partial charge in [-0.1, -0.05) is 34.9 Å². The highest BCUT2D eigenvalue weighted by Crippen LogP contribution is 2.49. The van der Waals surface area contributed by atoms with Crippen LogP contribution < -0.4 is 9.80 Å². The Balaban J connectivity index is 1.29. The lowest BCUT2D eigenvalue weighted by atomic mass is 9.87. The molecule has 0 spiro atoms. The Kier molecular flexibility index (Phi) is 9.38. The summed E-state index contributed by atoms with van der Waals surface area (Å²) in [6.45, 7) is 4.54. The molecule has 2 atom stereocenters. The Morgan fingerprint density at radius 3 is 2.11 bits per heavy atom. The molecule has 284 valence electrons. The minimum absolute atomic E-state index is 0.0669. The number of carbonyl (C=O) groups is 3. The van der Waals surface area contributed by atoms with Crippen molar-refractivity contribution in [3.8, 4) is 0 Å². The van der Waals surface area contributed by atoms with Gasteiger partial charge in [0.2, 0.25) is 0 Å². The Morgan fingerprint density at radius 2 is 1.54 bits per heavy atom. The van der Waals surface area contributed by atoms with Crippen molar-refractivity contribution in [2.45, 2.75) is 83.7 Å². The fourth-order valence-electron chi connectivity index (χ4n) is 7.18. The first-order valence-electron chi connectivity index (χ1n) is 17.4. The van der Waals surface area contributed by atoms with Gasteiger partial charge >= 0.3 is 18.4 Å². The summed E-state index contributed by atoms with van der Waals surface area (Å²) in [5.41, 5.74) is -0.895. The van der Waals surface area contributed by atoms with E-state index in [1.807, 2.05) is 13.0 Å². The SMILES string of the molecule is Cc1ccc2c(c1)[C@@H](N(Cc1cc(C(F)(F)F)cc(C(F)(F)F)c1)c1nnn(CCN3C(=O)c4ccccc4C3=O)n1)C[C@@H](C1CC1)N2C(=O)OC(C)C. The molecule has 54 heavy (non-hydrogen) atoms. The number of nitrogens with zero attached hydrogens (tertiary/aromatic N) is 7. The highest BCUT2D eigenvalue weighted by molar-refractivity contribution is 6.21. The molecule has 3 aliphatic rings. The molecule has 1 fully saturated rings. The third kappa shape index (κ3) is 7.22.